The van der Waals surface area contributed by atoms with Crippen molar-refractivity contribution in [1.29, 1.82) is 0 Å². The van der Waals surface area contributed by atoms with Gasteiger partial charge in [-0.05, 0) is 61.0 Å². The van der Waals surface area contributed by atoms with Gasteiger partial charge in [0.25, 0.3) is 5.91 Å². The first kappa shape index (κ1) is 18.7. The zero-order valence-corrected chi connectivity index (χ0v) is 16.1. The molecule has 0 atom stereocenters. The van der Waals surface area contributed by atoms with Crippen LogP contribution in [0, 0.1) is 0 Å². The van der Waals surface area contributed by atoms with E-state index in [0.717, 1.165) is 24.2 Å². The molecule has 0 radical (unpaired) electrons. The maximum absolute atomic E-state index is 12.6. The second-order valence-electron chi connectivity index (χ2n) is 6.61. The van der Waals surface area contributed by atoms with E-state index in [2.05, 4.69) is 22.2 Å². The average molecular weight is 387 g/mol. The van der Waals surface area contributed by atoms with Crippen LogP contribution in [0.2, 0.25) is 0 Å². The number of unbranched alkanes of at least 4 members (excludes halogenated alkanes) is 1. The van der Waals surface area contributed by atoms with E-state index in [-0.39, 0.29) is 5.91 Å². The van der Waals surface area contributed by atoms with Crippen molar-refractivity contribution in [3.63, 3.8) is 0 Å². The zero-order valence-electron chi connectivity index (χ0n) is 16.1. The Balaban J connectivity index is 1.46. The van der Waals surface area contributed by atoms with Gasteiger partial charge in [0, 0.05) is 23.0 Å². The summed E-state index contributed by atoms with van der Waals surface area (Å²) in [5.41, 5.74) is 3.16. The Morgan fingerprint density at radius 2 is 1.97 bits per heavy atom. The van der Waals surface area contributed by atoms with E-state index in [0.29, 0.717) is 35.0 Å². The standard InChI is InChI=1S/C23H21N3O3/c1-2-3-14-28-19-11-9-16(10-12-19)22(27)25-18-7-4-6-17(15-18)23-26-21-20(29-23)8-5-13-24-21/h4-13,15H,2-3,14H2,1H3,(H,25,27). The molecular weight excluding hydrogens is 366 g/mol. The van der Waals surface area contributed by atoms with Crippen LogP contribution in [0.4, 0.5) is 5.69 Å². The largest absolute Gasteiger partial charge is 0.494 e. The third-order valence-corrected chi connectivity index (χ3v) is 4.42. The summed E-state index contributed by atoms with van der Waals surface area (Å²) < 4.78 is 11.4. The number of hydrogen-bond donors (Lipinski definition) is 1. The van der Waals surface area contributed by atoms with Gasteiger partial charge in [0.05, 0.1) is 6.61 Å². The van der Waals surface area contributed by atoms with Gasteiger partial charge in [0.15, 0.2) is 11.2 Å². The monoisotopic (exact) mass is 387 g/mol. The van der Waals surface area contributed by atoms with Crippen molar-refractivity contribution < 1.29 is 13.9 Å². The molecule has 4 aromatic rings. The lowest BCUT2D eigenvalue weighted by molar-refractivity contribution is 0.102. The summed E-state index contributed by atoms with van der Waals surface area (Å²) in [7, 11) is 0. The van der Waals surface area contributed by atoms with Gasteiger partial charge in [-0.15, -0.1) is 0 Å². The summed E-state index contributed by atoms with van der Waals surface area (Å²) in [5.74, 6) is 1.03. The SMILES string of the molecule is CCCCOc1ccc(C(=O)Nc2cccc(-c3nc4ncccc4o3)c2)cc1. The normalized spacial score (nSPS) is 10.8. The number of benzene rings is 2. The molecule has 2 aromatic carbocycles. The Kier molecular flexibility index (Phi) is 5.52. The summed E-state index contributed by atoms with van der Waals surface area (Å²) in [6.45, 7) is 2.80. The Bertz CT molecular complexity index is 1090. The molecule has 146 valence electrons. The lowest BCUT2D eigenvalue weighted by atomic mass is 10.1. The van der Waals surface area contributed by atoms with E-state index in [1.165, 1.54) is 0 Å². The predicted molar refractivity (Wildman–Crippen MR) is 112 cm³/mol. The first-order valence-corrected chi connectivity index (χ1v) is 9.59. The van der Waals surface area contributed by atoms with E-state index < -0.39 is 0 Å². The molecular formula is C23H21N3O3. The molecule has 0 saturated carbocycles. The number of rotatable bonds is 7. The molecule has 0 spiro atoms. The van der Waals surface area contributed by atoms with Crippen molar-refractivity contribution in [2.24, 2.45) is 0 Å². The van der Waals surface area contributed by atoms with E-state index in [9.17, 15) is 4.79 Å². The van der Waals surface area contributed by atoms with Gasteiger partial charge >= 0.3 is 0 Å². The molecule has 1 N–H and O–H groups in total. The second kappa shape index (κ2) is 8.56. The number of fused-ring (bicyclic) bond motifs is 1. The molecule has 0 aliphatic carbocycles. The quantitative estimate of drug-likeness (QED) is 0.434. The number of nitrogens with one attached hydrogen (secondary N) is 1. The van der Waals surface area contributed by atoms with Gasteiger partial charge in [-0.1, -0.05) is 19.4 Å². The van der Waals surface area contributed by atoms with Gasteiger partial charge in [0.2, 0.25) is 5.89 Å². The summed E-state index contributed by atoms with van der Waals surface area (Å²) in [5, 5.41) is 2.91. The highest BCUT2D eigenvalue weighted by Gasteiger charge is 2.11. The fraction of sp³-hybridized carbons (Fsp3) is 0.174. The van der Waals surface area contributed by atoms with Gasteiger partial charge in [0.1, 0.15) is 5.75 Å². The third-order valence-electron chi connectivity index (χ3n) is 4.42. The van der Waals surface area contributed by atoms with Crippen molar-refractivity contribution in [1.82, 2.24) is 9.97 Å². The smallest absolute Gasteiger partial charge is 0.255 e. The highest BCUT2D eigenvalue weighted by molar-refractivity contribution is 6.04. The number of amides is 1. The summed E-state index contributed by atoms with van der Waals surface area (Å²) in [6, 6.07) is 18.1. The van der Waals surface area contributed by atoms with Crippen LogP contribution in [0.15, 0.2) is 71.3 Å². The number of carbonyl (C=O) groups is 1. The maximum Gasteiger partial charge on any atom is 0.255 e. The molecule has 6 heteroatoms. The number of aromatic nitrogens is 2. The molecule has 6 nitrogen and oxygen atoms in total. The summed E-state index contributed by atoms with van der Waals surface area (Å²) in [4.78, 5) is 21.2. The number of ether oxygens (including phenoxy) is 1. The molecule has 1 amide bonds. The van der Waals surface area contributed by atoms with E-state index in [4.69, 9.17) is 9.15 Å². The predicted octanol–water partition coefficient (Wildman–Crippen LogP) is 5.32. The minimum atomic E-state index is -0.193. The van der Waals surface area contributed by atoms with Crippen molar-refractivity contribution >= 4 is 22.8 Å². The Hall–Kier alpha value is -3.67. The Labute approximate surface area is 168 Å². The maximum atomic E-state index is 12.6. The van der Waals surface area contributed by atoms with Crippen molar-refractivity contribution in [3.8, 4) is 17.2 Å². The topological polar surface area (TPSA) is 77.2 Å². The second-order valence-corrected chi connectivity index (χ2v) is 6.61. The van der Waals surface area contributed by atoms with Crippen LogP contribution >= 0.6 is 0 Å². The van der Waals surface area contributed by atoms with E-state index in [1.807, 2.05) is 42.5 Å². The van der Waals surface area contributed by atoms with Crippen molar-refractivity contribution in [2.45, 2.75) is 19.8 Å². The summed E-state index contributed by atoms with van der Waals surface area (Å²) in [6.07, 6.45) is 3.76. The molecule has 0 saturated heterocycles. The fourth-order valence-electron chi connectivity index (χ4n) is 2.86. The van der Waals surface area contributed by atoms with Gasteiger partial charge in [-0.25, -0.2) is 4.98 Å². The molecule has 4 rings (SSSR count). The lowest BCUT2D eigenvalue weighted by Crippen LogP contribution is -2.11. The van der Waals surface area contributed by atoms with Crippen LogP contribution in [0.3, 0.4) is 0 Å². The summed E-state index contributed by atoms with van der Waals surface area (Å²) >= 11 is 0. The average Bonchev–Trinajstić information content (AvgIpc) is 3.19. The number of oxazole rings is 1. The van der Waals surface area contributed by atoms with E-state index >= 15 is 0 Å². The lowest BCUT2D eigenvalue weighted by Gasteiger charge is -2.08. The highest BCUT2D eigenvalue weighted by Crippen LogP contribution is 2.25. The third kappa shape index (κ3) is 4.43. The molecule has 0 unspecified atom stereocenters. The fourth-order valence-corrected chi connectivity index (χ4v) is 2.86. The Morgan fingerprint density at radius 1 is 1.10 bits per heavy atom. The van der Waals surface area contributed by atoms with Crippen LogP contribution in [0.1, 0.15) is 30.1 Å². The van der Waals surface area contributed by atoms with Gasteiger partial charge < -0.3 is 14.5 Å². The number of nitrogens with zero attached hydrogens (tertiary/aromatic N) is 2. The zero-order chi connectivity index (χ0) is 20.1. The van der Waals surface area contributed by atoms with Crippen LogP contribution in [-0.2, 0) is 0 Å². The number of hydrogen-bond acceptors (Lipinski definition) is 5. The number of anilines is 1. The highest BCUT2D eigenvalue weighted by atomic mass is 16.5. The Morgan fingerprint density at radius 3 is 2.76 bits per heavy atom. The first-order valence-electron chi connectivity index (χ1n) is 9.59. The molecule has 0 fully saturated rings. The number of pyridine rings is 1. The number of carbonyl (C=O) groups excluding carboxylic acids is 1. The molecule has 2 aromatic heterocycles. The van der Waals surface area contributed by atoms with Gasteiger partial charge in [-0.3, -0.25) is 4.79 Å². The van der Waals surface area contributed by atoms with E-state index in [1.54, 1.807) is 24.4 Å². The molecule has 0 aliphatic heterocycles. The van der Waals surface area contributed by atoms with Crippen LogP contribution in [0.25, 0.3) is 22.7 Å². The molecule has 0 aliphatic rings. The molecule has 0 bridgehead atoms. The van der Waals surface area contributed by atoms with Crippen LogP contribution in [0.5, 0.6) is 5.75 Å². The van der Waals surface area contributed by atoms with Crippen molar-refractivity contribution in [2.75, 3.05) is 11.9 Å². The first-order chi connectivity index (χ1) is 14.2. The molecule has 2 heterocycles. The van der Waals surface area contributed by atoms with Crippen LogP contribution in [-0.4, -0.2) is 22.5 Å². The van der Waals surface area contributed by atoms with Crippen molar-refractivity contribution in [3.05, 3.63) is 72.4 Å². The van der Waals surface area contributed by atoms with Crippen LogP contribution < -0.4 is 10.1 Å². The minimum Gasteiger partial charge on any atom is -0.494 e. The molecule has 29 heavy (non-hydrogen) atoms. The van der Waals surface area contributed by atoms with Gasteiger partial charge in [-0.2, -0.15) is 4.98 Å². The minimum absolute atomic E-state index is 0.193.